The summed E-state index contributed by atoms with van der Waals surface area (Å²) >= 11 is 1.87. The monoisotopic (exact) mass is 768 g/mol. The van der Waals surface area contributed by atoms with Crippen LogP contribution in [0.3, 0.4) is 0 Å². The zero-order valence-electron chi connectivity index (χ0n) is 32.6. The highest BCUT2D eigenvalue weighted by Crippen LogP contribution is 2.53. The quantitative estimate of drug-likeness (QED) is 0.163. The van der Waals surface area contributed by atoms with Gasteiger partial charge in [0.25, 0.3) is 0 Å². The molecule has 0 unspecified atom stereocenters. The second-order valence-corrected chi connectivity index (χ2v) is 17.8. The van der Waals surface area contributed by atoms with Gasteiger partial charge in [-0.15, -0.1) is 11.3 Å². The minimum Gasteiger partial charge on any atom is -0.455 e. The Labute approximate surface area is 345 Å². The Morgan fingerprint density at radius 2 is 0.966 bits per heavy atom. The number of benzene rings is 10. The summed E-state index contributed by atoms with van der Waals surface area (Å²) in [5.74, 6) is 0. The molecule has 276 valence electrons. The predicted octanol–water partition coefficient (Wildman–Crippen LogP) is 16.7. The van der Waals surface area contributed by atoms with Gasteiger partial charge in [-0.1, -0.05) is 159 Å². The van der Waals surface area contributed by atoms with Crippen molar-refractivity contribution in [1.82, 2.24) is 0 Å². The van der Waals surface area contributed by atoms with Gasteiger partial charge in [0.05, 0.1) is 0 Å². The molecule has 12 aromatic rings. The summed E-state index contributed by atoms with van der Waals surface area (Å²) in [6.45, 7) is 4.68. The van der Waals surface area contributed by atoms with Crippen LogP contribution in [0.5, 0.6) is 0 Å². The molecule has 0 amide bonds. The summed E-state index contributed by atoms with van der Waals surface area (Å²) in [6, 6.07) is 67.5. The molecule has 0 atom stereocenters. The lowest BCUT2D eigenvalue weighted by Gasteiger charge is -2.21. The number of rotatable bonds is 3. The third-order valence-corrected chi connectivity index (χ3v) is 14.4. The van der Waals surface area contributed by atoms with Crippen molar-refractivity contribution >= 4 is 85.8 Å². The summed E-state index contributed by atoms with van der Waals surface area (Å²) in [7, 11) is 0. The molecular formula is C57H36OS. The van der Waals surface area contributed by atoms with E-state index in [1.807, 2.05) is 11.3 Å². The van der Waals surface area contributed by atoms with E-state index in [0.29, 0.717) is 0 Å². The third-order valence-electron chi connectivity index (χ3n) is 13.3. The van der Waals surface area contributed by atoms with Gasteiger partial charge in [0.15, 0.2) is 0 Å². The van der Waals surface area contributed by atoms with E-state index in [1.54, 1.807) is 0 Å². The summed E-state index contributed by atoms with van der Waals surface area (Å²) in [6.07, 6.45) is 0. The van der Waals surface area contributed by atoms with Gasteiger partial charge in [-0.3, -0.25) is 0 Å². The highest BCUT2D eigenvalue weighted by molar-refractivity contribution is 7.25. The lowest BCUT2D eigenvalue weighted by molar-refractivity contribution is 0.657. The van der Waals surface area contributed by atoms with Crippen molar-refractivity contribution in [3.05, 3.63) is 193 Å². The minimum atomic E-state index is -0.0603. The number of fused-ring (bicyclic) bond motifs is 14. The molecule has 2 aromatic heterocycles. The van der Waals surface area contributed by atoms with E-state index in [0.717, 1.165) is 16.6 Å². The van der Waals surface area contributed by atoms with Crippen molar-refractivity contribution in [2.24, 2.45) is 0 Å². The van der Waals surface area contributed by atoms with Crippen LogP contribution in [0.25, 0.3) is 119 Å². The molecule has 1 nitrogen and oxygen atoms in total. The van der Waals surface area contributed by atoms with E-state index in [4.69, 9.17) is 4.42 Å². The van der Waals surface area contributed by atoms with Crippen molar-refractivity contribution in [2.45, 2.75) is 19.3 Å². The second kappa shape index (κ2) is 12.0. The first-order valence-corrected chi connectivity index (χ1v) is 21.3. The van der Waals surface area contributed by atoms with Crippen LogP contribution >= 0.6 is 11.3 Å². The van der Waals surface area contributed by atoms with Gasteiger partial charge < -0.3 is 4.42 Å². The third kappa shape index (κ3) is 4.61. The molecule has 13 rings (SSSR count). The molecule has 0 N–H and O–H groups in total. The molecule has 0 radical (unpaired) electrons. The van der Waals surface area contributed by atoms with Gasteiger partial charge in [0.1, 0.15) is 11.2 Å². The van der Waals surface area contributed by atoms with E-state index in [1.165, 1.54) is 114 Å². The van der Waals surface area contributed by atoms with Crippen molar-refractivity contribution in [1.29, 1.82) is 0 Å². The van der Waals surface area contributed by atoms with Crippen LogP contribution in [-0.4, -0.2) is 0 Å². The summed E-state index contributed by atoms with van der Waals surface area (Å²) < 4.78 is 9.46. The lowest BCUT2D eigenvalue weighted by atomic mass is 9.82. The van der Waals surface area contributed by atoms with Crippen LogP contribution in [0.15, 0.2) is 186 Å². The van der Waals surface area contributed by atoms with Crippen LogP contribution in [-0.2, 0) is 5.41 Å². The van der Waals surface area contributed by atoms with Crippen molar-refractivity contribution in [3.8, 4) is 44.5 Å². The molecule has 0 saturated carbocycles. The molecule has 0 aliphatic heterocycles. The zero-order chi connectivity index (χ0) is 39.0. The van der Waals surface area contributed by atoms with Crippen molar-refractivity contribution < 1.29 is 4.42 Å². The van der Waals surface area contributed by atoms with Crippen molar-refractivity contribution in [3.63, 3.8) is 0 Å². The first-order chi connectivity index (χ1) is 29.0. The second-order valence-electron chi connectivity index (χ2n) is 16.7. The maximum Gasteiger partial charge on any atom is 0.143 e. The van der Waals surface area contributed by atoms with Crippen LogP contribution in [0.4, 0.5) is 0 Å². The number of furan rings is 1. The highest BCUT2D eigenvalue weighted by atomic mass is 32.1. The molecule has 1 aliphatic rings. The summed E-state index contributed by atoms with van der Waals surface area (Å²) in [4.78, 5) is 0. The Balaban J connectivity index is 0.949. The molecule has 0 fully saturated rings. The van der Waals surface area contributed by atoms with Crippen molar-refractivity contribution in [2.75, 3.05) is 0 Å². The Kier molecular flexibility index (Phi) is 6.73. The Morgan fingerprint density at radius 3 is 1.73 bits per heavy atom. The van der Waals surface area contributed by atoms with E-state index in [9.17, 15) is 0 Å². The molecule has 59 heavy (non-hydrogen) atoms. The normalized spacial score (nSPS) is 13.4. The smallest absolute Gasteiger partial charge is 0.143 e. The Morgan fingerprint density at radius 1 is 0.390 bits per heavy atom. The molecule has 2 heteroatoms. The molecule has 0 spiro atoms. The largest absolute Gasteiger partial charge is 0.455 e. The lowest BCUT2D eigenvalue weighted by Crippen LogP contribution is -2.14. The maximum atomic E-state index is 6.80. The highest BCUT2D eigenvalue weighted by Gasteiger charge is 2.37. The molecule has 0 bridgehead atoms. The van der Waals surface area contributed by atoms with E-state index in [-0.39, 0.29) is 5.41 Å². The van der Waals surface area contributed by atoms with Gasteiger partial charge in [-0.2, -0.15) is 0 Å². The fourth-order valence-corrected chi connectivity index (χ4v) is 11.6. The van der Waals surface area contributed by atoms with Gasteiger partial charge in [0, 0.05) is 41.7 Å². The average Bonchev–Trinajstić information content (AvgIpc) is 3.93. The van der Waals surface area contributed by atoms with Crippen LogP contribution in [0.1, 0.15) is 25.0 Å². The molecule has 10 aromatic carbocycles. The van der Waals surface area contributed by atoms with E-state index in [2.05, 4.69) is 196 Å². The van der Waals surface area contributed by atoms with Gasteiger partial charge in [0.2, 0.25) is 0 Å². The predicted molar refractivity (Wildman–Crippen MR) is 253 cm³/mol. The van der Waals surface area contributed by atoms with Gasteiger partial charge >= 0.3 is 0 Å². The van der Waals surface area contributed by atoms with Crippen LogP contribution in [0, 0.1) is 0 Å². The summed E-state index contributed by atoms with van der Waals surface area (Å²) in [5.41, 5.74) is 14.6. The molecule has 1 aliphatic carbocycles. The minimum absolute atomic E-state index is 0.0603. The van der Waals surface area contributed by atoms with Crippen LogP contribution < -0.4 is 0 Å². The topological polar surface area (TPSA) is 13.1 Å². The average molecular weight is 769 g/mol. The number of hydrogen-bond donors (Lipinski definition) is 0. The Bertz CT molecular complexity index is 3690. The first-order valence-electron chi connectivity index (χ1n) is 20.5. The van der Waals surface area contributed by atoms with Crippen LogP contribution in [0.2, 0.25) is 0 Å². The number of hydrogen-bond acceptors (Lipinski definition) is 2. The molecule has 2 heterocycles. The van der Waals surface area contributed by atoms with Gasteiger partial charge in [-0.05, 0) is 119 Å². The SMILES string of the molecule is CC1(C)c2ccccc2-c2c1ccc1oc3c4cc(-c5ccc(-c6c7ccccc7c(-c7ccc8sc9ccccc9c8c7)c7ccccc67)cc5)ccc4ccc3c21. The Hall–Kier alpha value is -7.00. The molecule has 0 saturated heterocycles. The fourth-order valence-electron chi connectivity index (χ4n) is 10.5. The van der Waals surface area contributed by atoms with E-state index >= 15 is 0 Å². The van der Waals surface area contributed by atoms with E-state index < -0.39 is 0 Å². The van der Waals surface area contributed by atoms with Gasteiger partial charge in [-0.25, -0.2) is 0 Å². The molecular weight excluding hydrogens is 733 g/mol. The first kappa shape index (κ1) is 33.0. The number of thiophene rings is 1. The fraction of sp³-hybridized carbons (Fsp3) is 0.0526. The maximum absolute atomic E-state index is 6.80. The standard InChI is InChI=1S/C57H36OS/c1-57(2)47-17-9-7-16-43(47)54-48(57)28-29-49-55(54)44-27-25-34-21-24-36(31-45(34)56(44)58-49)33-19-22-35(23-20-33)52-39-12-3-5-14-41(39)53(42-15-6-4-13-40(42)52)37-26-30-51-46(32-37)38-11-8-10-18-50(38)59-51/h3-32H,1-2H3. The zero-order valence-corrected chi connectivity index (χ0v) is 33.5. The summed E-state index contributed by atoms with van der Waals surface area (Å²) in [5, 5.41) is 12.4.